The van der Waals surface area contributed by atoms with Gasteiger partial charge in [0.25, 0.3) is 0 Å². The zero-order chi connectivity index (χ0) is 20.6. The molecule has 0 radical (unpaired) electrons. The topological polar surface area (TPSA) is 67.8 Å². The summed E-state index contributed by atoms with van der Waals surface area (Å²) in [4.78, 5) is 11.8. The average molecular weight is 397 g/mol. The fraction of sp³-hybridized carbons (Fsp3) is 0.350. The van der Waals surface area contributed by atoms with Crippen molar-refractivity contribution in [3.63, 3.8) is 0 Å². The molecule has 8 heteroatoms. The Hall–Kier alpha value is -2.74. The molecule has 28 heavy (non-hydrogen) atoms. The highest BCUT2D eigenvalue weighted by Gasteiger charge is 2.31. The molecule has 0 heterocycles. The molecule has 0 saturated heterocycles. The van der Waals surface area contributed by atoms with E-state index in [4.69, 9.17) is 4.74 Å². The van der Waals surface area contributed by atoms with E-state index >= 15 is 0 Å². The summed E-state index contributed by atoms with van der Waals surface area (Å²) < 4.78 is 45.7. The van der Waals surface area contributed by atoms with Gasteiger partial charge in [-0.1, -0.05) is 24.3 Å². The van der Waals surface area contributed by atoms with Gasteiger partial charge >= 0.3 is 6.36 Å². The number of aliphatic hydroxyl groups excluding tert-OH is 1. The molecule has 0 aliphatic heterocycles. The number of hydrogen-bond donors (Lipinski definition) is 2. The van der Waals surface area contributed by atoms with Gasteiger partial charge in [0, 0.05) is 13.0 Å². The van der Waals surface area contributed by atoms with Crippen molar-refractivity contribution in [3.05, 3.63) is 59.7 Å². The predicted molar refractivity (Wildman–Crippen MR) is 97.0 cm³/mol. The number of aliphatic hydroxyl groups is 1. The number of ether oxygens (including phenoxy) is 2. The molecule has 0 bridgehead atoms. The number of carbonyl (C=O) groups is 1. The first kappa shape index (κ1) is 21.6. The predicted octanol–water partition coefficient (Wildman–Crippen LogP) is 3.90. The summed E-state index contributed by atoms with van der Waals surface area (Å²) in [6, 6.07) is 12.4. The Balaban J connectivity index is 1.67. The largest absolute Gasteiger partial charge is 0.573 e. The number of nitrogens with one attached hydrogen (secondary N) is 1. The van der Waals surface area contributed by atoms with Crippen molar-refractivity contribution in [2.45, 2.75) is 32.2 Å². The van der Waals surface area contributed by atoms with Crippen molar-refractivity contribution in [2.24, 2.45) is 0 Å². The van der Waals surface area contributed by atoms with Crippen LogP contribution in [0.15, 0.2) is 48.5 Å². The monoisotopic (exact) mass is 397 g/mol. The molecule has 0 saturated carbocycles. The van der Waals surface area contributed by atoms with Crippen LogP contribution < -0.4 is 14.8 Å². The van der Waals surface area contributed by atoms with Gasteiger partial charge in [0.2, 0.25) is 5.91 Å². The molecule has 1 unspecified atom stereocenters. The lowest BCUT2D eigenvalue weighted by Crippen LogP contribution is -2.28. The van der Waals surface area contributed by atoms with Crippen molar-refractivity contribution in [2.75, 3.05) is 13.2 Å². The highest BCUT2D eigenvalue weighted by atomic mass is 19.4. The van der Waals surface area contributed by atoms with Crippen LogP contribution in [0.4, 0.5) is 13.2 Å². The second-order valence-electron chi connectivity index (χ2n) is 6.21. The summed E-state index contributed by atoms with van der Waals surface area (Å²) in [6.45, 7) is 2.31. The Labute approximate surface area is 161 Å². The molecular formula is C20H22F3NO4. The average Bonchev–Trinajstić information content (AvgIpc) is 2.62. The van der Waals surface area contributed by atoms with Crippen molar-refractivity contribution in [1.82, 2.24) is 5.32 Å². The molecule has 2 rings (SSSR count). The first-order chi connectivity index (χ1) is 13.2. The maximum Gasteiger partial charge on any atom is 0.573 e. The zero-order valence-electron chi connectivity index (χ0n) is 15.3. The van der Waals surface area contributed by atoms with E-state index in [1.54, 1.807) is 0 Å². The third-order valence-corrected chi connectivity index (χ3v) is 3.80. The molecule has 0 aliphatic carbocycles. The van der Waals surface area contributed by atoms with Gasteiger partial charge in [0.1, 0.15) is 11.5 Å². The Morgan fingerprint density at radius 2 is 1.86 bits per heavy atom. The molecule has 5 nitrogen and oxygen atoms in total. The highest BCUT2D eigenvalue weighted by Crippen LogP contribution is 2.24. The normalized spacial score (nSPS) is 12.3. The summed E-state index contributed by atoms with van der Waals surface area (Å²) >= 11 is 0. The van der Waals surface area contributed by atoms with Crippen molar-refractivity contribution >= 4 is 5.91 Å². The third-order valence-electron chi connectivity index (χ3n) is 3.80. The lowest BCUT2D eigenvalue weighted by Gasteiger charge is -2.14. The second kappa shape index (κ2) is 9.98. The van der Waals surface area contributed by atoms with E-state index in [2.05, 4.69) is 10.1 Å². The van der Waals surface area contributed by atoms with Gasteiger partial charge in [-0.3, -0.25) is 4.79 Å². The molecule has 152 valence electrons. The summed E-state index contributed by atoms with van der Waals surface area (Å²) in [7, 11) is 0. The first-order valence-corrected chi connectivity index (χ1v) is 8.73. The van der Waals surface area contributed by atoms with Crippen LogP contribution in [-0.2, 0) is 4.79 Å². The summed E-state index contributed by atoms with van der Waals surface area (Å²) in [6.07, 6.45) is -5.06. The Morgan fingerprint density at radius 1 is 1.14 bits per heavy atom. The van der Waals surface area contributed by atoms with Crippen molar-refractivity contribution in [1.29, 1.82) is 0 Å². The lowest BCUT2D eigenvalue weighted by molar-refractivity contribution is -0.274. The lowest BCUT2D eigenvalue weighted by atomic mass is 10.1. The molecule has 1 amide bonds. The molecular weight excluding hydrogens is 375 g/mol. The Morgan fingerprint density at radius 3 is 2.50 bits per heavy atom. The van der Waals surface area contributed by atoms with Crippen LogP contribution in [0.25, 0.3) is 0 Å². The van der Waals surface area contributed by atoms with E-state index in [-0.39, 0.29) is 24.6 Å². The molecule has 0 aliphatic rings. The number of alkyl halides is 3. The van der Waals surface area contributed by atoms with E-state index in [9.17, 15) is 23.1 Å². The number of carbonyl (C=O) groups excluding carboxylic acids is 1. The fourth-order valence-corrected chi connectivity index (χ4v) is 2.44. The van der Waals surface area contributed by atoms with Crippen LogP contribution >= 0.6 is 0 Å². The highest BCUT2D eigenvalue weighted by molar-refractivity contribution is 5.75. The van der Waals surface area contributed by atoms with Gasteiger partial charge in [-0.25, -0.2) is 0 Å². The maximum absolute atomic E-state index is 12.1. The summed E-state index contributed by atoms with van der Waals surface area (Å²) in [5, 5.41) is 12.6. The zero-order valence-corrected chi connectivity index (χ0v) is 15.3. The van der Waals surface area contributed by atoms with Crippen LogP contribution in [0.5, 0.6) is 11.5 Å². The molecule has 0 fully saturated rings. The first-order valence-electron chi connectivity index (χ1n) is 8.73. The number of amides is 1. The molecule has 2 aromatic rings. The van der Waals surface area contributed by atoms with E-state index in [1.807, 2.05) is 31.2 Å². The summed E-state index contributed by atoms with van der Waals surface area (Å²) in [5.74, 6) is 0.124. The van der Waals surface area contributed by atoms with Gasteiger partial charge in [0.05, 0.1) is 12.7 Å². The van der Waals surface area contributed by atoms with Crippen LogP contribution in [0.2, 0.25) is 0 Å². The molecule has 1 atom stereocenters. The van der Waals surface area contributed by atoms with Gasteiger partial charge in [-0.05, 0) is 48.7 Å². The van der Waals surface area contributed by atoms with E-state index in [0.717, 1.165) is 23.4 Å². The number of aryl methyl sites for hydroxylation is 1. The van der Waals surface area contributed by atoms with E-state index < -0.39 is 12.5 Å². The minimum absolute atomic E-state index is 0.0446. The van der Waals surface area contributed by atoms with Crippen LogP contribution in [0.3, 0.4) is 0 Å². The van der Waals surface area contributed by atoms with Crippen molar-refractivity contribution < 1.29 is 32.5 Å². The van der Waals surface area contributed by atoms with E-state index in [1.165, 1.54) is 12.1 Å². The maximum atomic E-state index is 12.1. The molecule has 0 spiro atoms. The fourth-order valence-electron chi connectivity index (χ4n) is 2.44. The SMILES string of the molecule is Cc1cccc(OCCCC(=O)NCC(O)c2ccc(OC(F)(F)F)cc2)c1. The quantitative estimate of drug-likeness (QED) is 0.630. The smallest absolute Gasteiger partial charge is 0.494 e. The third kappa shape index (κ3) is 7.87. The van der Waals surface area contributed by atoms with E-state index in [0.29, 0.717) is 18.6 Å². The van der Waals surface area contributed by atoms with Crippen molar-refractivity contribution in [3.8, 4) is 11.5 Å². The Kier molecular flexibility index (Phi) is 7.69. The molecule has 2 aromatic carbocycles. The second-order valence-corrected chi connectivity index (χ2v) is 6.21. The standard InChI is InChI=1S/C20H22F3NO4/c1-14-4-2-5-17(12-14)27-11-3-6-19(26)24-13-18(25)15-7-9-16(10-8-15)28-20(21,22)23/h2,4-5,7-10,12,18,25H,3,6,11,13H2,1H3,(H,24,26). The Bertz CT molecular complexity index is 763. The van der Waals surface area contributed by atoms with Gasteiger partial charge in [-0.2, -0.15) is 0 Å². The minimum Gasteiger partial charge on any atom is -0.494 e. The molecule has 0 aromatic heterocycles. The van der Waals surface area contributed by atoms with Crippen LogP contribution in [-0.4, -0.2) is 30.5 Å². The number of hydrogen-bond acceptors (Lipinski definition) is 4. The number of benzene rings is 2. The van der Waals surface area contributed by atoms with Crippen LogP contribution in [0, 0.1) is 6.92 Å². The molecule has 2 N–H and O–H groups in total. The van der Waals surface area contributed by atoms with Crippen LogP contribution in [0.1, 0.15) is 30.1 Å². The van der Waals surface area contributed by atoms with Gasteiger partial charge < -0.3 is 19.9 Å². The number of rotatable bonds is 9. The van der Waals surface area contributed by atoms with Gasteiger partial charge in [0.15, 0.2) is 0 Å². The minimum atomic E-state index is -4.77. The summed E-state index contributed by atoms with van der Waals surface area (Å²) in [5.41, 5.74) is 1.46. The van der Waals surface area contributed by atoms with Gasteiger partial charge in [-0.15, -0.1) is 13.2 Å². The number of halogens is 3.